The smallest absolute Gasteiger partial charge is 0.140 e. The largest absolute Gasteiger partial charge is 0.299 e. The summed E-state index contributed by atoms with van der Waals surface area (Å²) in [4.78, 5) is 12.1. The number of halogens is 1. The highest BCUT2D eigenvalue weighted by atomic mass is 79.9. The topological polar surface area (TPSA) is 17.1 Å². The predicted molar refractivity (Wildman–Crippen MR) is 74.0 cm³/mol. The monoisotopic (exact) mass is 294 g/mol. The lowest BCUT2D eigenvalue weighted by atomic mass is 9.95. The lowest BCUT2D eigenvalue weighted by Gasteiger charge is -2.09. The van der Waals surface area contributed by atoms with Crippen LogP contribution in [0, 0.1) is 11.8 Å². The molecule has 0 bridgehead atoms. The molecule has 1 nitrogen and oxygen atoms in total. The van der Waals surface area contributed by atoms with Crippen LogP contribution < -0.4 is 0 Å². The Morgan fingerprint density at radius 3 is 2.59 bits per heavy atom. The van der Waals surface area contributed by atoms with Gasteiger partial charge in [0.25, 0.3) is 0 Å². The van der Waals surface area contributed by atoms with Crippen molar-refractivity contribution in [3.05, 3.63) is 34.3 Å². The van der Waals surface area contributed by atoms with Crippen molar-refractivity contribution in [3.8, 4) is 0 Å². The van der Waals surface area contributed by atoms with Crippen molar-refractivity contribution in [2.45, 2.75) is 39.0 Å². The summed E-state index contributed by atoms with van der Waals surface area (Å²) in [5.74, 6) is 1.54. The third-order valence-corrected chi connectivity index (χ3v) is 4.39. The first kappa shape index (κ1) is 12.8. The normalized spacial score (nSPS) is 23.9. The zero-order chi connectivity index (χ0) is 12.3. The van der Waals surface area contributed by atoms with Crippen LogP contribution in [-0.4, -0.2) is 5.78 Å². The molecule has 0 saturated heterocycles. The molecule has 0 aliphatic heterocycles. The van der Waals surface area contributed by atoms with Gasteiger partial charge in [0.15, 0.2) is 0 Å². The van der Waals surface area contributed by atoms with Gasteiger partial charge in [0, 0.05) is 16.8 Å². The molecule has 2 rings (SSSR count). The summed E-state index contributed by atoms with van der Waals surface area (Å²) in [6.07, 6.45) is 5.30. The van der Waals surface area contributed by atoms with Crippen LogP contribution >= 0.6 is 15.9 Å². The Kier molecular flexibility index (Phi) is 4.38. The van der Waals surface area contributed by atoms with Gasteiger partial charge >= 0.3 is 0 Å². The number of carbonyl (C=O) groups is 1. The Labute approximate surface area is 112 Å². The minimum absolute atomic E-state index is 0.323. The van der Waals surface area contributed by atoms with Gasteiger partial charge in [-0.2, -0.15) is 0 Å². The third-order valence-electron chi connectivity index (χ3n) is 3.87. The van der Waals surface area contributed by atoms with E-state index >= 15 is 0 Å². The van der Waals surface area contributed by atoms with Gasteiger partial charge in [-0.3, -0.25) is 4.79 Å². The number of carbonyl (C=O) groups excluding carboxylic acids is 1. The minimum Gasteiger partial charge on any atom is -0.299 e. The third kappa shape index (κ3) is 3.41. The fourth-order valence-corrected chi connectivity index (χ4v) is 2.95. The van der Waals surface area contributed by atoms with Crippen LogP contribution in [0.25, 0.3) is 0 Å². The highest BCUT2D eigenvalue weighted by Crippen LogP contribution is 2.34. The molecule has 0 amide bonds. The molecule has 2 atom stereocenters. The summed E-state index contributed by atoms with van der Waals surface area (Å²) in [5, 5.41) is 0. The van der Waals surface area contributed by atoms with Gasteiger partial charge in [0.1, 0.15) is 5.78 Å². The molecule has 1 aromatic carbocycles. The van der Waals surface area contributed by atoms with Crippen LogP contribution in [0.1, 0.15) is 38.2 Å². The molecular formula is C15H19BrO. The van der Waals surface area contributed by atoms with Gasteiger partial charge in [0.2, 0.25) is 0 Å². The van der Waals surface area contributed by atoms with Crippen LogP contribution in [0.3, 0.4) is 0 Å². The maximum Gasteiger partial charge on any atom is 0.140 e. The highest BCUT2D eigenvalue weighted by Gasteiger charge is 2.28. The van der Waals surface area contributed by atoms with Gasteiger partial charge in [-0.15, -0.1) is 0 Å². The van der Waals surface area contributed by atoms with Crippen molar-refractivity contribution < 1.29 is 4.79 Å². The van der Waals surface area contributed by atoms with Crippen molar-refractivity contribution in [2.75, 3.05) is 0 Å². The molecule has 92 valence electrons. The van der Waals surface area contributed by atoms with Crippen LogP contribution in [0.4, 0.5) is 0 Å². The van der Waals surface area contributed by atoms with Gasteiger partial charge < -0.3 is 0 Å². The standard InChI is InChI=1S/C15H19BrO/c1-2-11-3-6-13(9-11)15(17)10-12-4-7-14(16)8-5-12/h4-5,7-8,11,13H,2-3,6,9-10H2,1H3. The molecule has 0 heterocycles. The van der Waals surface area contributed by atoms with Gasteiger partial charge in [-0.1, -0.05) is 41.4 Å². The zero-order valence-electron chi connectivity index (χ0n) is 10.3. The van der Waals surface area contributed by atoms with Crippen molar-refractivity contribution in [1.29, 1.82) is 0 Å². The number of rotatable bonds is 4. The fourth-order valence-electron chi connectivity index (χ4n) is 2.69. The molecule has 0 radical (unpaired) electrons. The fraction of sp³-hybridized carbons (Fsp3) is 0.533. The van der Waals surface area contributed by atoms with E-state index in [1.165, 1.54) is 12.8 Å². The first-order valence-corrected chi connectivity index (χ1v) is 7.25. The van der Waals surface area contributed by atoms with Crippen LogP contribution in [-0.2, 0) is 11.2 Å². The summed E-state index contributed by atoms with van der Waals surface area (Å²) in [6, 6.07) is 8.08. The average Bonchev–Trinajstić information content (AvgIpc) is 2.81. The van der Waals surface area contributed by atoms with E-state index in [9.17, 15) is 4.79 Å². The second kappa shape index (κ2) is 5.81. The SMILES string of the molecule is CCC1CCC(C(=O)Cc2ccc(Br)cc2)C1. The quantitative estimate of drug-likeness (QED) is 0.805. The number of hydrogen-bond donors (Lipinski definition) is 0. The predicted octanol–water partition coefficient (Wildman–Crippen LogP) is 4.39. The summed E-state index contributed by atoms with van der Waals surface area (Å²) in [5.41, 5.74) is 1.14. The molecule has 2 unspecified atom stereocenters. The lowest BCUT2D eigenvalue weighted by Crippen LogP contribution is -2.14. The van der Waals surface area contributed by atoms with E-state index in [1.807, 2.05) is 24.3 Å². The summed E-state index contributed by atoms with van der Waals surface area (Å²) >= 11 is 3.41. The summed E-state index contributed by atoms with van der Waals surface area (Å²) < 4.78 is 1.07. The maximum absolute atomic E-state index is 12.1. The highest BCUT2D eigenvalue weighted by molar-refractivity contribution is 9.10. The van der Waals surface area contributed by atoms with E-state index < -0.39 is 0 Å². The molecule has 0 spiro atoms. The number of benzene rings is 1. The Balaban J connectivity index is 1.91. The van der Waals surface area contributed by atoms with E-state index in [1.54, 1.807) is 0 Å². The van der Waals surface area contributed by atoms with Crippen molar-refractivity contribution in [2.24, 2.45) is 11.8 Å². The second-order valence-corrected chi connectivity index (χ2v) is 5.97. The molecule has 1 fully saturated rings. The molecule has 0 N–H and O–H groups in total. The Bertz CT molecular complexity index is 382. The van der Waals surface area contributed by atoms with Crippen molar-refractivity contribution >= 4 is 21.7 Å². The van der Waals surface area contributed by atoms with E-state index in [-0.39, 0.29) is 0 Å². The van der Waals surface area contributed by atoms with Crippen LogP contribution in [0.2, 0.25) is 0 Å². The molecule has 17 heavy (non-hydrogen) atoms. The van der Waals surface area contributed by atoms with E-state index in [0.717, 1.165) is 28.8 Å². The first-order valence-electron chi connectivity index (χ1n) is 6.46. The molecule has 1 aliphatic carbocycles. The molecule has 1 aromatic rings. The molecule has 1 saturated carbocycles. The summed E-state index contributed by atoms with van der Waals surface area (Å²) in [6.45, 7) is 2.23. The van der Waals surface area contributed by atoms with Crippen molar-refractivity contribution in [3.63, 3.8) is 0 Å². The minimum atomic E-state index is 0.323. The van der Waals surface area contributed by atoms with Crippen molar-refractivity contribution in [1.82, 2.24) is 0 Å². The van der Waals surface area contributed by atoms with E-state index in [4.69, 9.17) is 0 Å². The molecule has 0 aromatic heterocycles. The number of ketones is 1. The average molecular weight is 295 g/mol. The zero-order valence-corrected chi connectivity index (χ0v) is 11.9. The second-order valence-electron chi connectivity index (χ2n) is 5.05. The number of Topliss-reactive ketones (excluding diaryl/α,β-unsaturated/α-hetero) is 1. The number of hydrogen-bond acceptors (Lipinski definition) is 1. The molecular weight excluding hydrogens is 276 g/mol. The first-order chi connectivity index (χ1) is 8.19. The van der Waals surface area contributed by atoms with Gasteiger partial charge in [-0.05, 0) is 42.9 Å². The molecule has 2 heteroatoms. The van der Waals surface area contributed by atoms with E-state index in [2.05, 4.69) is 22.9 Å². The Morgan fingerprint density at radius 2 is 2.00 bits per heavy atom. The Hall–Kier alpha value is -0.630. The molecule has 1 aliphatic rings. The van der Waals surface area contributed by atoms with E-state index in [0.29, 0.717) is 18.1 Å². The maximum atomic E-state index is 12.1. The Morgan fingerprint density at radius 1 is 1.29 bits per heavy atom. The summed E-state index contributed by atoms with van der Waals surface area (Å²) in [7, 11) is 0. The van der Waals surface area contributed by atoms with Crippen LogP contribution in [0.5, 0.6) is 0 Å². The van der Waals surface area contributed by atoms with Crippen LogP contribution in [0.15, 0.2) is 28.7 Å². The van der Waals surface area contributed by atoms with Gasteiger partial charge in [-0.25, -0.2) is 0 Å². The van der Waals surface area contributed by atoms with Gasteiger partial charge in [0.05, 0.1) is 0 Å². The lowest BCUT2D eigenvalue weighted by molar-refractivity contribution is -0.122.